The molecule has 6 nitrogen and oxygen atoms in total. The Morgan fingerprint density at radius 3 is 2.82 bits per heavy atom. The van der Waals surface area contributed by atoms with E-state index in [4.69, 9.17) is 14.9 Å². The quantitative estimate of drug-likeness (QED) is 0.804. The van der Waals surface area contributed by atoms with Gasteiger partial charge >= 0.3 is 6.01 Å². The predicted molar refractivity (Wildman–Crippen MR) is 63.9 cm³/mol. The van der Waals surface area contributed by atoms with Crippen LogP contribution in [0, 0.1) is 5.92 Å². The van der Waals surface area contributed by atoms with Crippen LogP contribution in [0.2, 0.25) is 0 Å². The molecule has 2 N–H and O–H groups in total. The van der Waals surface area contributed by atoms with E-state index in [1.54, 1.807) is 7.11 Å². The molecule has 0 aliphatic carbocycles. The number of methoxy groups -OCH3 is 1. The molecule has 1 aromatic heterocycles. The molecule has 1 aromatic rings. The van der Waals surface area contributed by atoms with E-state index in [0.29, 0.717) is 30.8 Å². The van der Waals surface area contributed by atoms with Crippen molar-refractivity contribution in [2.45, 2.75) is 19.3 Å². The molecular formula is C11H20N4O2. The summed E-state index contributed by atoms with van der Waals surface area (Å²) in [6.07, 6.45) is 2.87. The van der Waals surface area contributed by atoms with Gasteiger partial charge in [0.05, 0.1) is 0 Å². The lowest BCUT2D eigenvalue weighted by molar-refractivity contribution is 0.138. The zero-order valence-corrected chi connectivity index (χ0v) is 10.3. The van der Waals surface area contributed by atoms with E-state index in [0.717, 1.165) is 32.5 Å². The first-order valence-electron chi connectivity index (χ1n) is 6.09. The monoisotopic (exact) mass is 240 g/mol. The average molecular weight is 240 g/mol. The highest BCUT2D eigenvalue weighted by atomic mass is 16.5. The summed E-state index contributed by atoms with van der Waals surface area (Å²) >= 11 is 0. The molecule has 0 spiro atoms. The van der Waals surface area contributed by atoms with Crippen molar-refractivity contribution in [2.75, 3.05) is 38.3 Å². The highest BCUT2D eigenvalue weighted by Gasteiger charge is 2.22. The van der Waals surface area contributed by atoms with Crippen molar-refractivity contribution in [1.29, 1.82) is 0 Å². The number of hydrogen-bond acceptors (Lipinski definition) is 6. The summed E-state index contributed by atoms with van der Waals surface area (Å²) in [5.74, 6) is 1.28. The molecule has 96 valence electrons. The van der Waals surface area contributed by atoms with Crippen LogP contribution < -0.4 is 10.6 Å². The summed E-state index contributed by atoms with van der Waals surface area (Å²) in [5.41, 5.74) is 5.44. The largest absolute Gasteiger partial charge is 0.408 e. The number of rotatable bonds is 5. The molecule has 1 saturated heterocycles. The molecule has 6 heteroatoms. The van der Waals surface area contributed by atoms with E-state index in [9.17, 15) is 0 Å². The van der Waals surface area contributed by atoms with Gasteiger partial charge in [0.15, 0.2) is 0 Å². The standard InChI is InChI=1S/C11H20N4O2/c1-16-8-9-3-6-15(7-4-9)11-14-13-10(17-11)2-5-12/h9H,2-8,12H2,1H3. The fourth-order valence-corrected chi connectivity index (χ4v) is 2.12. The van der Waals surface area contributed by atoms with E-state index in [1.165, 1.54) is 0 Å². The number of aromatic nitrogens is 2. The molecule has 0 saturated carbocycles. The van der Waals surface area contributed by atoms with Crippen LogP contribution in [0.4, 0.5) is 6.01 Å². The van der Waals surface area contributed by atoms with Crippen molar-refractivity contribution in [3.63, 3.8) is 0 Å². The Morgan fingerprint density at radius 1 is 1.41 bits per heavy atom. The molecule has 2 rings (SSSR count). The second-order valence-electron chi connectivity index (χ2n) is 4.40. The van der Waals surface area contributed by atoms with Gasteiger partial charge in [0.2, 0.25) is 5.89 Å². The molecule has 2 heterocycles. The third-order valence-corrected chi connectivity index (χ3v) is 3.10. The van der Waals surface area contributed by atoms with Crippen molar-refractivity contribution in [3.05, 3.63) is 5.89 Å². The first-order valence-corrected chi connectivity index (χ1v) is 6.09. The number of nitrogens with zero attached hydrogens (tertiary/aromatic N) is 3. The molecule has 1 aliphatic heterocycles. The summed E-state index contributed by atoms with van der Waals surface area (Å²) in [6, 6.07) is 0.629. The molecule has 0 unspecified atom stereocenters. The maximum absolute atomic E-state index is 5.55. The fourth-order valence-electron chi connectivity index (χ4n) is 2.12. The third kappa shape index (κ3) is 3.17. The van der Waals surface area contributed by atoms with E-state index >= 15 is 0 Å². The summed E-state index contributed by atoms with van der Waals surface area (Å²) in [7, 11) is 1.75. The number of hydrogen-bond donors (Lipinski definition) is 1. The maximum Gasteiger partial charge on any atom is 0.318 e. The summed E-state index contributed by atoms with van der Waals surface area (Å²) in [6.45, 7) is 3.30. The molecule has 17 heavy (non-hydrogen) atoms. The van der Waals surface area contributed by atoms with Crippen LogP contribution in [0.3, 0.4) is 0 Å². The second kappa shape index (κ2) is 5.97. The molecular weight excluding hydrogens is 220 g/mol. The van der Waals surface area contributed by atoms with E-state index in [-0.39, 0.29) is 0 Å². The molecule has 0 aromatic carbocycles. The highest BCUT2D eigenvalue weighted by Crippen LogP contribution is 2.22. The zero-order valence-electron chi connectivity index (χ0n) is 10.3. The molecule has 0 amide bonds. The van der Waals surface area contributed by atoms with Gasteiger partial charge in [-0.2, -0.15) is 0 Å². The van der Waals surface area contributed by atoms with Crippen LogP contribution in [0.1, 0.15) is 18.7 Å². The Labute approximate surface area is 101 Å². The molecule has 1 aliphatic rings. The van der Waals surface area contributed by atoms with Crippen molar-refractivity contribution in [1.82, 2.24) is 10.2 Å². The Hall–Kier alpha value is -1.14. The Bertz CT molecular complexity index is 334. The van der Waals surface area contributed by atoms with Crippen molar-refractivity contribution in [3.8, 4) is 0 Å². The lowest BCUT2D eigenvalue weighted by Crippen LogP contribution is -2.35. The van der Waals surface area contributed by atoms with Crippen LogP contribution in [-0.4, -0.2) is 43.5 Å². The molecule has 0 radical (unpaired) electrons. The summed E-state index contributed by atoms with van der Waals surface area (Å²) in [4.78, 5) is 2.14. The van der Waals surface area contributed by atoms with E-state index in [2.05, 4.69) is 15.1 Å². The zero-order chi connectivity index (χ0) is 12.1. The Balaban J connectivity index is 1.86. The first-order chi connectivity index (χ1) is 8.33. The van der Waals surface area contributed by atoms with Crippen LogP contribution in [0.25, 0.3) is 0 Å². The van der Waals surface area contributed by atoms with Crippen molar-refractivity contribution >= 4 is 6.01 Å². The summed E-state index contributed by atoms with van der Waals surface area (Å²) in [5, 5.41) is 8.03. The molecule has 1 fully saturated rings. The smallest absolute Gasteiger partial charge is 0.318 e. The van der Waals surface area contributed by atoms with Crippen LogP contribution >= 0.6 is 0 Å². The minimum Gasteiger partial charge on any atom is -0.408 e. The number of anilines is 1. The van der Waals surface area contributed by atoms with Gasteiger partial charge in [0.1, 0.15) is 0 Å². The second-order valence-corrected chi connectivity index (χ2v) is 4.40. The minimum absolute atomic E-state index is 0.539. The van der Waals surface area contributed by atoms with E-state index in [1.807, 2.05) is 0 Å². The predicted octanol–water partition coefficient (Wildman–Crippen LogP) is 0.434. The van der Waals surface area contributed by atoms with Gasteiger partial charge in [-0.15, -0.1) is 5.10 Å². The lowest BCUT2D eigenvalue weighted by atomic mass is 9.98. The van der Waals surface area contributed by atoms with Gasteiger partial charge in [-0.25, -0.2) is 0 Å². The minimum atomic E-state index is 0.539. The summed E-state index contributed by atoms with van der Waals surface area (Å²) < 4.78 is 10.7. The fraction of sp³-hybridized carbons (Fsp3) is 0.818. The van der Waals surface area contributed by atoms with Crippen LogP contribution in [0.5, 0.6) is 0 Å². The van der Waals surface area contributed by atoms with Crippen LogP contribution in [-0.2, 0) is 11.2 Å². The molecule has 0 atom stereocenters. The van der Waals surface area contributed by atoms with Crippen molar-refractivity contribution < 1.29 is 9.15 Å². The highest BCUT2D eigenvalue weighted by molar-refractivity contribution is 5.24. The SMILES string of the molecule is COCC1CCN(c2nnc(CCN)o2)CC1. The van der Waals surface area contributed by atoms with Crippen molar-refractivity contribution in [2.24, 2.45) is 11.7 Å². The Kier molecular flexibility index (Phi) is 4.33. The first kappa shape index (κ1) is 12.3. The van der Waals surface area contributed by atoms with E-state index < -0.39 is 0 Å². The Morgan fingerprint density at radius 2 is 2.18 bits per heavy atom. The number of nitrogens with two attached hydrogens (primary N) is 1. The van der Waals surface area contributed by atoms with Gasteiger partial charge in [-0.05, 0) is 18.8 Å². The van der Waals surface area contributed by atoms with Gasteiger partial charge < -0.3 is 19.8 Å². The van der Waals surface area contributed by atoms with Gasteiger partial charge in [-0.1, -0.05) is 5.10 Å². The maximum atomic E-state index is 5.55. The topological polar surface area (TPSA) is 77.4 Å². The number of ether oxygens (including phenoxy) is 1. The van der Waals surface area contributed by atoms with Gasteiger partial charge in [0, 0.05) is 39.8 Å². The van der Waals surface area contributed by atoms with Crippen LogP contribution in [0.15, 0.2) is 4.42 Å². The molecule has 0 bridgehead atoms. The lowest BCUT2D eigenvalue weighted by Gasteiger charge is -2.30. The third-order valence-electron chi connectivity index (χ3n) is 3.10. The normalized spacial score (nSPS) is 17.6. The number of piperidine rings is 1. The van der Waals surface area contributed by atoms with Gasteiger partial charge in [-0.3, -0.25) is 0 Å². The average Bonchev–Trinajstić information content (AvgIpc) is 2.80. The van der Waals surface area contributed by atoms with Gasteiger partial charge in [0.25, 0.3) is 0 Å².